The molecular weight excluding hydrogens is 502 g/mol. The van der Waals surface area contributed by atoms with Gasteiger partial charge in [0.25, 0.3) is 11.7 Å². The molecule has 2 N–H and O–H groups in total. The Morgan fingerprint density at radius 1 is 1.14 bits per heavy atom. The summed E-state index contributed by atoms with van der Waals surface area (Å²) >= 11 is 7.33. The fraction of sp³-hybridized carbons (Fsp3) is 0.120. The van der Waals surface area contributed by atoms with Crippen LogP contribution in [0.5, 0.6) is 17.2 Å². The summed E-state index contributed by atoms with van der Waals surface area (Å²) < 4.78 is 12.2. The number of aromatic amines is 1. The van der Waals surface area contributed by atoms with Gasteiger partial charge in [0.2, 0.25) is 0 Å². The highest BCUT2D eigenvalue weighted by Gasteiger charge is 2.24. The number of ether oxygens (including phenoxy) is 2. The normalized spacial score (nSPS) is 11.0. The van der Waals surface area contributed by atoms with Gasteiger partial charge >= 0.3 is 5.16 Å². The van der Waals surface area contributed by atoms with Gasteiger partial charge in [-0.1, -0.05) is 29.5 Å². The van der Waals surface area contributed by atoms with Gasteiger partial charge in [0.1, 0.15) is 17.2 Å². The molecule has 11 heteroatoms. The van der Waals surface area contributed by atoms with E-state index < -0.39 is 0 Å². The Labute approximate surface area is 216 Å². The van der Waals surface area contributed by atoms with Crippen LogP contribution in [0, 0.1) is 0 Å². The Kier molecular flexibility index (Phi) is 8.09. The summed E-state index contributed by atoms with van der Waals surface area (Å²) in [5, 5.41) is 24.3. The number of hydrogen-bond donors (Lipinski definition) is 2. The van der Waals surface area contributed by atoms with E-state index in [1.165, 1.54) is 31.2 Å². The molecule has 4 rings (SSSR count). The van der Waals surface area contributed by atoms with Gasteiger partial charge in [-0.2, -0.15) is 9.67 Å². The van der Waals surface area contributed by atoms with E-state index >= 15 is 0 Å². The zero-order valence-corrected chi connectivity index (χ0v) is 21.0. The molecule has 0 aliphatic rings. The van der Waals surface area contributed by atoms with Crippen LogP contribution >= 0.6 is 23.4 Å². The van der Waals surface area contributed by atoms with Crippen LogP contribution in [0.15, 0.2) is 77.0 Å². The van der Waals surface area contributed by atoms with Crippen molar-refractivity contribution in [2.45, 2.75) is 5.16 Å². The molecule has 0 unspecified atom stereocenters. The van der Waals surface area contributed by atoms with Crippen molar-refractivity contribution in [3.05, 3.63) is 77.3 Å². The van der Waals surface area contributed by atoms with Gasteiger partial charge in [-0.15, -0.1) is 5.10 Å². The third-order valence-electron chi connectivity index (χ3n) is 5.04. The third-order valence-corrected chi connectivity index (χ3v) is 6.23. The van der Waals surface area contributed by atoms with Crippen molar-refractivity contribution in [3.8, 4) is 34.3 Å². The standard InChI is InChI=1S/C25H22ClN5O4S/c1-34-20-10-4-17(5-11-20)24-29-30-25(31(24)19-8-6-18(26)7-9-19)36-15-23(33)28-27-14-16-3-12-21(32)22(13-16)35-2/h3-14H,15H2,1-2H3,(H2,27,28,32,33). The molecule has 184 valence electrons. The van der Waals surface area contributed by atoms with Crippen molar-refractivity contribution < 1.29 is 23.9 Å². The second kappa shape index (κ2) is 11.6. The second-order valence-corrected chi connectivity index (χ2v) is 8.77. The van der Waals surface area contributed by atoms with Crippen molar-refractivity contribution in [2.24, 2.45) is 5.10 Å². The lowest BCUT2D eigenvalue weighted by Gasteiger charge is -2.11. The van der Waals surface area contributed by atoms with Gasteiger partial charge in [0.05, 0.1) is 36.8 Å². The maximum Gasteiger partial charge on any atom is 0.342 e. The minimum atomic E-state index is -0.319. The molecule has 9 nitrogen and oxygen atoms in total. The number of aromatic nitrogens is 3. The first-order valence-corrected chi connectivity index (χ1v) is 12.1. The molecule has 0 aliphatic carbocycles. The number of nitrogens with one attached hydrogen (secondary N) is 2. The Bertz CT molecular complexity index is 1370. The molecule has 0 radical (unpaired) electrons. The number of carbonyl (C=O) groups excluding carboxylic acids is 1. The third kappa shape index (κ3) is 5.96. The minimum absolute atomic E-state index is 0.0701. The molecule has 36 heavy (non-hydrogen) atoms. The van der Waals surface area contributed by atoms with Gasteiger partial charge in [0, 0.05) is 5.02 Å². The highest BCUT2D eigenvalue weighted by atomic mass is 35.5. The van der Waals surface area contributed by atoms with Gasteiger partial charge in [-0.05, 0) is 71.9 Å². The van der Waals surface area contributed by atoms with Crippen molar-refractivity contribution in [2.75, 3.05) is 20.0 Å². The number of halogens is 1. The molecule has 3 aromatic carbocycles. The van der Waals surface area contributed by atoms with E-state index in [-0.39, 0.29) is 23.2 Å². The number of H-pyrrole nitrogens is 1. The quantitative estimate of drug-likeness (QED) is 0.150. The number of nitrogens with zero attached hydrogens (tertiary/aromatic N) is 3. The van der Waals surface area contributed by atoms with Gasteiger partial charge < -0.3 is 14.6 Å². The van der Waals surface area contributed by atoms with Crippen molar-refractivity contribution in [1.82, 2.24) is 15.6 Å². The number of rotatable bonds is 9. The summed E-state index contributed by atoms with van der Waals surface area (Å²) in [6.07, 6.45) is 1.44. The van der Waals surface area contributed by atoms with Crippen LogP contribution in [0.25, 0.3) is 17.1 Å². The Balaban J connectivity index is 1.50. The molecule has 0 bridgehead atoms. The van der Waals surface area contributed by atoms with E-state index in [1.807, 2.05) is 41.0 Å². The van der Waals surface area contributed by atoms with Crippen LogP contribution in [-0.4, -0.2) is 42.3 Å². The number of hydrogen-bond acceptors (Lipinski definition) is 7. The summed E-state index contributed by atoms with van der Waals surface area (Å²) in [5.41, 5.74) is 4.82. The predicted molar refractivity (Wildman–Crippen MR) is 136 cm³/mol. The predicted octanol–water partition coefficient (Wildman–Crippen LogP) is 3.34. The van der Waals surface area contributed by atoms with E-state index in [4.69, 9.17) is 21.1 Å². The number of thioether (sulfide) groups is 1. The monoisotopic (exact) mass is 523 g/mol. The van der Waals surface area contributed by atoms with Crippen LogP contribution in [0.4, 0.5) is 0 Å². The fourth-order valence-corrected chi connectivity index (χ4v) is 4.16. The van der Waals surface area contributed by atoms with Gasteiger partial charge in [-0.25, -0.2) is 5.43 Å². The highest BCUT2D eigenvalue weighted by Crippen LogP contribution is 2.24. The smallest absolute Gasteiger partial charge is 0.342 e. The molecular formula is C25H22ClN5O4S. The van der Waals surface area contributed by atoms with Crippen LogP contribution in [0.2, 0.25) is 5.02 Å². The number of carbonyl (C=O) groups is 1. The molecule has 0 atom stereocenters. The van der Waals surface area contributed by atoms with E-state index in [0.717, 1.165) is 22.8 Å². The van der Waals surface area contributed by atoms with E-state index in [2.05, 4.69) is 20.7 Å². The molecule has 0 saturated carbocycles. The van der Waals surface area contributed by atoms with Crippen LogP contribution in [0.3, 0.4) is 0 Å². The molecule has 4 aromatic rings. The SMILES string of the molecule is COc1ccc(-c2[nH]nc(SCC(=O)NN=Cc3ccc([O-])c(OC)c3)[n+]2-c2ccc(Cl)cc2)cc1. The zero-order chi connectivity index (χ0) is 25.5. The van der Waals surface area contributed by atoms with Crippen molar-refractivity contribution in [1.29, 1.82) is 0 Å². The maximum atomic E-state index is 12.4. The summed E-state index contributed by atoms with van der Waals surface area (Å²) in [7, 11) is 3.03. The average molecular weight is 524 g/mol. The molecule has 1 amide bonds. The molecule has 1 heterocycles. The van der Waals surface area contributed by atoms with Crippen molar-refractivity contribution >= 4 is 35.5 Å². The second-order valence-electron chi connectivity index (χ2n) is 7.39. The summed E-state index contributed by atoms with van der Waals surface area (Å²) in [5.74, 6) is 1.21. The number of methoxy groups -OCH3 is 2. The first-order chi connectivity index (χ1) is 17.5. The number of hydrazone groups is 1. The molecule has 0 saturated heterocycles. The topological polar surface area (TPSA) is 116 Å². The summed E-state index contributed by atoms with van der Waals surface area (Å²) in [4.78, 5) is 12.4. The zero-order valence-electron chi connectivity index (χ0n) is 19.4. The summed E-state index contributed by atoms with van der Waals surface area (Å²) in [6.45, 7) is 0. The largest absolute Gasteiger partial charge is 0.870 e. The van der Waals surface area contributed by atoms with Gasteiger partial charge in [0.15, 0.2) is 0 Å². The Morgan fingerprint density at radius 2 is 1.89 bits per heavy atom. The number of amides is 1. The van der Waals surface area contributed by atoms with Crippen LogP contribution in [0.1, 0.15) is 5.56 Å². The fourth-order valence-electron chi connectivity index (χ4n) is 3.27. The average Bonchev–Trinajstić information content (AvgIpc) is 3.33. The summed E-state index contributed by atoms with van der Waals surface area (Å²) in [6, 6.07) is 19.4. The minimum Gasteiger partial charge on any atom is -0.870 e. The van der Waals surface area contributed by atoms with E-state index in [0.29, 0.717) is 15.7 Å². The maximum absolute atomic E-state index is 12.4. The van der Waals surface area contributed by atoms with Crippen LogP contribution < -0.4 is 24.6 Å². The first kappa shape index (κ1) is 25.1. The lowest BCUT2D eigenvalue weighted by molar-refractivity contribution is -0.625. The van der Waals surface area contributed by atoms with E-state index in [1.54, 1.807) is 31.4 Å². The highest BCUT2D eigenvalue weighted by molar-refractivity contribution is 7.99. The van der Waals surface area contributed by atoms with E-state index in [9.17, 15) is 9.90 Å². The molecule has 0 fully saturated rings. The number of benzene rings is 3. The molecule has 0 aliphatic heterocycles. The molecule has 0 spiro atoms. The first-order valence-electron chi connectivity index (χ1n) is 10.7. The molecule has 1 aromatic heterocycles. The Morgan fingerprint density at radius 3 is 2.58 bits per heavy atom. The Hall–Kier alpha value is -4.02. The van der Waals surface area contributed by atoms with Crippen molar-refractivity contribution in [3.63, 3.8) is 0 Å². The lowest BCUT2D eigenvalue weighted by atomic mass is 10.2. The van der Waals surface area contributed by atoms with Gasteiger partial charge in [-0.3, -0.25) is 4.79 Å². The van der Waals surface area contributed by atoms with Crippen LogP contribution in [-0.2, 0) is 4.79 Å². The lowest BCUT2D eigenvalue weighted by Crippen LogP contribution is -2.34.